The smallest absolute Gasteiger partial charge is 0.274 e. The van der Waals surface area contributed by atoms with E-state index in [0.29, 0.717) is 25.2 Å². The van der Waals surface area contributed by atoms with Gasteiger partial charge in [0.05, 0.1) is 17.9 Å². The van der Waals surface area contributed by atoms with Crippen molar-refractivity contribution >= 4 is 17.5 Å². The largest absolute Gasteiger partial charge is 0.335 e. The van der Waals surface area contributed by atoms with Crippen LogP contribution in [0.2, 0.25) is 0 Å². The molecule has 1 atom stereocenters. The Labute approximate surface area is 158 Å². The molecule has 2 aliphatic heterocycles. The van der Waals surface area contributed by atoms with Gasteiger partial charge in [-0.3, -0.25) is 19.4 Å². The Balaban J connectivity index is 1.43. The van der Waals surface area contributed by atoms with Crippen molar-refractivity contribution in [3.63, 3.8) is 0 Å². The number of hydrogen-bond donors (Lipinski definition) is 1. The first-order valence-electron chi connectivity index (χ1n) is 9.52. The number of anilines is 1. The first kappa shape index (κ1) is 17.8. The minimum absolute atomic E-state index is 0.0497. The highest BCUT2D eigenvalue weighted by atomic mass is 16.2. The quantitative estimate of drug-likeness (QED) is 0.896. The van der Waals surface area contributed by atoms with Crippen LogP contribution in [-0.4, -0.2) is 56.3 Å². The standard InChI is InChI=1S/C19H26N6O2/c1-19(2,3)16-9-15(21-22-16)18(27)23-8-6-13(11-23)25-12-14(10-20-25)24-7-4-5-17(24)26/h9-10,12-13H,4-8,11H2,1-3H3,(H,21,22). The Morgan fingerprint density at radius 3 is 2.78 bits per heavy atom. The van der Waals surface area contributed by atoms with Gasteiger partial charge >= 0.3 is 0 Å². The summed E-state index contributed by atoms with van der Waals surface area (Å²) in [5, 5.41) is 11.6. The molecule has 2 aromatic rings. The Kier molecular flexibility index (Phi) is 4.28. The van der Waals surface area contributed by atoms with Crippen molar-refractivity contribution in [3.8, 4) is 0 Å². The van der Waals surface area contributed by atoms with Crippen LogP contribution in [0.4, 0.5) is 5.69 Å². The maximum absolute atomic E-state index is 12.8. The molecule has 0 radical (unpaired) electrons. The van der Waals surface area contributed by atoms with E-state index in [1.54, 1.807) is 11.1 Å². The van der Waals surface area contributed by atoms with Gasteiger partial charge in [-0.25, -0.2) is 0 Å². The van der Waals surface area contributed by atoms with Gasteiger partial charge in [0.2, 0.25) is 5.91 Å². The summed E-state index contributed by atoms with van der Waals surface area (Å²) in [4.78, 5) is 28.3. The zero-order valence-electron chi connectivity index (χ0n) is 16.1. The third-order valence-corrected chi connectivity index (χ3v) is 5.40. The first-order valence-corrected chi connectivity index (χ1v) is 9.52. The molecule has 0 aromatic carbocycles. The van der Waals surface area contributed by atoms with E-state index in [2.05, 4.69) is 36.1 Å². The molecule has 4 rings (SSSR count). The summed E-state index contributed by atoms with van der Waals surface area (Å²) in [6, 6.07) is 1.97. The van der Waals surface area contributed by atoms with Gasteiger partial charge in [0.15, 0.2) is 0 Å². The third-order valence-electron chi connectivity index (χ3n) is 5.40. The molecular formula is C19H26N6O2. The van der Waals surface area contributed by atoms with Crippen LogP contribution in [0, 0.1) is 0 Å². The van der Waals surface area contributed by atoms with Gasteiger partial charge in [-0.1, -0.05) is 20.8 Å². The lowest BCUT2D eigenvalue weighted by atomic mass is 9.92. The van der Waals surface area contributed by atoms with E-state index >= 15 is 0 Å². The van der Waals surface area contributed by atoms with Crippen molar-refractivity contribution in [3.05, 3.63) is 29.8 Å². The molecule has 4 heterocycles. The van der Waals surface area contributed by atoms with Crippen LogP contribution in [0.3, 0.4) is 0 Å². The highest BCUT2D eigenvalue weighted by Gasteiger charge is 2.31. The fourth-order valence-corrected chi connectivity index (χ4v) is 3.71. The number of nitrogens with one attached hydrogen (secondary N) is 1. The molecule has 2 amide bonds. The summed E-state index contributed by atoms with van der Waals surface area (Å²) in [7, 11) is 0. The Morgan fingerprint density at radius 2 is 2.11 bits per heavy atom. The SMILES string of the molecule is CC(C)(C)c1cc(C(=O)N2CCC(n3cc(N4CCCC4=O)cn3)C2)n[nH]1. The normalized spacial score (nSPS) is 20.7. The molecule has 0 spiro atoms. The van der Waals surface area contributed by atoms with Crippen LogP contribution in [0.1, 0.15) is 62.3 Å². The lowest BCUT2D eigenvalue weighted by Gasteiger charge is -2.16. The number of rotatable bonds is 3. The summed E-state index contributed by atoms with van der Waals surface area (Å²) in [6.07, 6.45) is 6.02. The van der Waals surface area contributed by atoms with Crippen LogP contribution in [0.5, 0.6) is 0 Å². The van der Waals surface area contributed by atoms with E-state index in [9.17, 15) is 9.59 Å². The van der Waals surface area contributed by atoms with E-state index < -0.39 is 0 Å². The maximum atomic E-state index is 12.8. The van der Waals surface area contributed by atoms with Crippen molar-refractivity contribution in [2.24, 2.45) is 0 Å². The summed E-state index contributed by atoms with van der Waals surface area (Å²) in [5.41, 5.74) is 2.19. The van der Waals surface area contributed by atoms with E-state index in [1.807, 2.05) is 21.8 Å². The van der Waals surface area contributed by atoms with Gasteiger partial charge in [0.1, 0.15) is 5.69 Å². The molecule has 144 valence electrons. The molecule has 0 saturated carbocycles. The molecule has 8 heteroatoms. The van der Waals surface area contributed by atoms with Crippen LogP contribution in [0.25, 0.3) is 0 Å². The summed E-state index contributed by atoms with van der Waals surface area (Å²) in [6.45, 7) is 8.29. The third kappa shape index (κ3) is 3.36. The Hall–Kier alpha value is -2.64. The molecule has 27 heavy (non-hydrogen) atoms. The Morgan fingerprint density at radius 1 is 1.30 bits per heavy atom. The average molecular weight is 370 g/mol. The number of likely N-dealkylation sites (tertiary alicyclic amines) is 1. The predicted molar refractivity (Wildman–Crippen MR) is 101 cm³/mol. The van der Waals surface area contributed by atoms with Crippen LogP contribution < -0.4 is 4.90 Å². The monoisotopic (exact) mass is 370 g/mol. The number of amides is 2. The molecule has 2 aliphatic rings. The first-order chi connectivity index (χ1) is 12.8. The van der Waals surface area contributed by atoms with Crippen molar-refractivity contribution in [1.82, 2.24) is 24.9 Å². The van der Waals surface area contributed by atoms with E-state index in [0.717, 1.165) is 30.8 Å². The zero-order valence-corrected chi connectivity index (χ0v) is 16.1. The number of aromatic nitrogens is 4. The predicted octanol–water partition coefficient (Wildman–Crippen LogP) is 2.12. The van der Waals surface area contributed by atoms with Crippen molar-refractivity contribution in [2.75, 3.05) is 24.5 Å². The number of hydrogen-bond acceptors (Lipinski definition) is 4. The second-order valence-electron chi connectivity index (χ2n) is 8.44. The minimum atomic E-state index is -0.0719. The molecular weight excluding hydrogens is 344 g/mol. The molecule has 1 N–H and O–H groups in total. The van der Waals surface area contributed by atoms with Crippen LogP contribution in [0.15, 0.2) is 18.5 Å². The molecule has 1 unspecified atom stereocenters. The molecule has 8 nitrogen and oxygen atoms in total. The minimum Gasteiger partial charge on any atom is -0.335 e. The van der Waals surface area contributed by atoms with Gasteiger partial charge in [0, 0.05) is 43.4 Å². The van der Waals surface area contributed by atoms with E-state index in [1.165, 1.54) is 0 Å². The molecule has 2 saturated heterocycles. The lowest BCUT2D eigenvalue weighted by Crippen LogP contribution is -2.29. The number of H-pyrrole nitrogens is 1. The fourth-order valence-electron chi connectivity index (χ4n) is 3.71. The molecule has 2 fully saturated rings. The van der Waals surface area contributed by atoms with Crippen molar-refractivity contribution in [2.45, 2.75) is 51.5 Å². The summed E-state index contributed by atoms with van der Waals surface area (Å²) in [5.74, 6) is 0.109. The van der Waals surface area contributed by atoms with E-state index in [-0.39, 0.29) is 23.3 Å². The lowest BCUT2D eigenvalue weighted by molar-refractivity contribution is -0.117. The topological polar surface area (TPSA) is 87.1 Å². The maximum Gasteiger partial charge on any atom is 0.274 e. The second kappa shape index (κ2) is 6.51. The van der Waals surface area contributed by atoms with Crippen LogP contribution >= 0.6 is 0 Å². The van der Waals surface area contributed by atoms with Gasteiger partial charge in [-0.2, -0.15) is 10.2 Å². The van der Waals surface area contributed by atoms with Crippen molar-refractivity contribution < 1.29 is 9.59 Å². The molecule has 0 aliphatic carbocycles. The van der Waals surface area contributed by atoms with Gasteiger partial charge in [0.25, 0.3) is 5.91 Å². The van der Waals surface area contributed by atoms with Gasteiger partial charge in [-0.15, -0.1) is 0 Å². The van der Waals surface area contributed by atoms with Gasteiger partial charge in [-0.05, 0) is 18.9 Å². The van der Waals surface area contributed by atoms with E-state index in [4.69, 9.17) is 0 Å². The second-order valence-corrected chi connectivity index (χ2v) is 8.44. The highest BCUT2D eigenvalue weighted by molar-refractivity contribution is 5.95. The van der Waals surface area contributed by atoms with Crippen molar-refractivity contribution in [1.29, 1.82) is 0 Å². The van der Waals surface area contributed by atoms with Crippen LogP contribution in [-0.2, 0) is 10.2 Å². The van der Waals surface area contributed by atoms with Gasteiger partial charge < -0.3 is 9.80 Å². The summed E-state index contributed by atoms with van der Waals surface area (Å²) < 4.78 is 1.89. The molecule has 0 bridgehead atoms. The number of carbonyl (C=O) groups is 2. The average Bonchev–Trinajstić information content (AvgIpc) is 3.38. The summed E-state index contributed by atoms with van der Waals surface area (Å²) >= 11 is 0. The number of carbonyl (C=O) groups excluding carboxylic acids is 2. The Bertz CT molecular complexity index is 862. The fraction of sp³-hybridized carbons (Fsp3) is 0.579. The number of nitrogens with zero attached hydrogens (tertiary/aromatic N) is 5. The number of aromatic amines is 1. The highest BCUT2D eigenvalue weighted by Crippen LogP contribution is 2.27. The zero-order chi connectivity index (χ0) is 19.2. The molecule has 2 aromatic heterocycles.